The van der Waals surface area contributed by atoms with E-state index >= 15 is 0 Å². The molecule has 0 saturated carbocycles. The summed E-state index contributed by atoms with van der Waals surface area (Å²) in [7, 11) is 0. The van der Waals surface area contributed by atoms with Gasteiger partial charge in [0.1, 0.15) is 0 Å². The summed E-state index contributed by atoms with van der Waals surface area (Å²) in [6.45, 7) is 2.05. The number of hydrogen-bond acceptors (Lipinski definition) is 2. The number of halogens is 1. The van der Waals surface area contributed by atoms with Crippen molar-refractivity contribution in [3.05, 3.63) is 64.7 Å². The largest absolute Gasteiger partial charge is 0.284 e. The molecule has 0 aliphatic heterocycles. The molecule has 0 spiro atoms. The molecule has 0 aliphatic rings. The van der Waals surface area contributed by atoms with E-state index in [1.165, 1.54) is 17.3 Å². The first-order valence-electron chi connectivity index (χ1n) is 5.94. The molecule has 0 unspecified atom stereocenters. The SMILES string of the molecule is Cc1ccc(SC([SH2+])=NC(=N)c2cccc(Cl)c2)cc1. The van der Waals surface area contributed by atoms with Crippen LogP contribution in [0.2, 0.25) is 5.02 Å². The molecule has 0 heterocycles. The van der Waals surface area contributed by atoms with Crippen LogP contribution in [0.1, 0.15) is 11.1 Å². The van der Waals surface area contributed by atoms with Crippen LogP contribution < -0.4 is 0 Å². The average molecular weight is 322 g/mol. The molecular formula is C15H14ClN2S2+. The van der Waals surface area contributed by atoms with Crippen LogP contribution in [0.3, 0.4) is 0 Å². The van der Waals surface area contributed by atoms with Crippen molar-refractivity contribution in [2.75, 3.05) is 0 Å². The number of nitrogens with zero attached hydrogens (tertiary/aromatic N) is 1. The van der Waals surface area contributed by atoms with Crippen LogP contribution in [-0.4, -0.2) is 10.2 Å². The van der Waals surface area contributed by atoms with Gasteiger partial charge in [0.25, 0.3) is 4.38 Å². The van der Waals surface area contributed by atoms with Crippen molar-refractivity contribution in [1.82, 2.24) is 0 Å². The molecule has 2 aromatic carbocycles. The first-order chi connectivity index (χ1) is 9.54. The molecule has 2 rings (SSSR count). The third kappa shape index (κ3) is 4.40. The highest BCUT2D eigenvalue weighted by Gasteiger charge is 2.07. The molecule has 0 aromatic heterocycles. The molecule has 0 aliphatic carbocycles. The number of aliphatic imine (C=N–C) groups is 1. The van der Waals surface area contributed by atoms with Gasteiger partial charge in [-0.05, 0) is 43.0 Å². The number of hydrogen-bond donors (Lipinski definition) is 1. The first-order valence-corrected chi connectivity index (χ1v) is 7.63. The fraction of sp³-hybridized carbons (Fsp3) is 0.0667. The molecule has 2 aromatic rings. The van der Waals surface area contributed by atoms with E-state index in [0.29, 0.717) is 15.0 Å². The predicted molar refractivity (Wildman–Crippen MR) is 92.9 cm³/mol. The fourth-order valence-corrected chi connectivity index (χ4v) is 2.83. The monoisotopic (exact) mass is 321 g/mol. The second kappa shape index (κ2) is 6.97. The van der Waals surface area contributed by atoms with E-state index in [2.05, 4.69) is 17.6 Å². The van der Waals surface area contributed by atoms with Gasteiger partial charge in [0.2, 0.25) is 0 Å². The van der Waals surface area contributed by atoms with Gasteiger partial charge in [-0.15, -0.1) is 0 Å². The minimum absolute atomic E-state index is 0.178. The third-order valence-corrected chi connectivity index (χ3v) is 3.99. The zero-order valence-corrected chi connectivity index (χ0v) is 13.4. The van der Waals surface area contributed by atoms with E-state index in [4.69, 9.17) is 17.0 Å². The molecule has 0 amide bonds. The second-order valence-electron chi connectivity index (χ2n) is 4.19. The van der Waals surface area contributed by atoms with Crippen molar-refractivity contribution in [2.45, 2.75) is 11.8 Å². The van der Waals surface area contributed by atoms with E-state index in [1.807, 2.05) is 43.3 Å². The lowest BCUT2D eigenvalue weighted by atomic mass is 10.2. The van der Waals surface area contributed by atoms with Gasteiger partial charge < -0.3 is 0 Å². The zero-order valence-electron chi connectivity index (χ0n) is 10.9. The lowest BCUT2D eigenvalue weighted by Gasteiger charge is -2.00. The summed E-state index contributed by atoms with van der Waals surface area (Å²) < 4.78 is 0.638. The number of rotatable bonds is 2. The number of benzene rings is 2. The van der Waals surface area contributed by atoms with Crippen molar-refractivity contribution in [3.63, 3.8) is 0 Å². The molecule has 20 heavy (non-hydrogen) atoms. The average Bonchev–Trinajstić information content (AvgIpc) is 2.41. The van der Waals surface area contributed by atoms with Crippen molar-refractivity contribution >= 4 is 46.2 Å². The molecule has 102 valence electrons. The van der Waals surface area contributed by atoms with Crippen LogP contribution in [0.15, 0.2) is 58.4 Å². The normalized spacial score (nSPS) is 11.4. The Kier molecular flexibility index (Phi) is 5.29. The lowest BCUT2D eigenvalue weighted by Crippen LogP contribution is -1.98. The smallest absolute Gasteiger partial charge is 0.282 e. The molecule has 5 heteroatoms. The Balaban J connectivity index is 2.10. The second-order valence-corrected chi connectivity index (χ2v) is 6.53. The maximum atomic E-state index is 7.97. The molecule has 0 bridgehead atoms. The minimum atomic E-state index is 0.178. The highest BCUT2D eigenvalue weighted by Crippen LogP contribution is 2.20. The molecule has 2 nitrogen and oxygen atoms in total. The highest BCUT2D eigenvalue weighted by atomic mass is 35.5. The van der Waals surface area contributed by atoms with Gasteiger partial charge in [-0.3, -0.25) is 5.41 Å². The van der Waals surface area contributed by atoms with Gasteiger partial charge in [-0.2, -0.15) is 4.99 Å². The van der Waals surface area contributed by atoms with E-state index in [9.17, 15) is 0 Å². The zero-order chi connectivity index (χ0) is 14.5. The van der Waals surface area contributed by atoms with Gasteiger partial charge in [0.15, 0.2) is 5.84 Å². The molecule has 0 radical (unpaired) electrons. The Hall–Kier alpha value is -1.23. The van der Waals surface area contributed by atoms with Crippen molar-refractivity contribution in [2.24, 2.45) is 4.99 Å². The highest BCUT2D eigenvalue weighted by molar-refractivity contribution is 8.27. The number of amidine groups is 1. The van der Waals surface area contributed by atoms with Gasteiger partial charge in [-0.25, -0.2) is 0 Å². The molecule has 0 saturated heterocycles. The summed E-state index contributed by atoms with van der Waals surface area (Å²) in [6.07, 6.45) is 0. The summed E-state index contributed by atoms with van der Waals surface area (Å²) in [6, 6.07) is 15.3. The maximum Gasteiger partial charge on any atom is 0.284 e. The number of nitrogens with one attached hydrogen (secondary N) is 1. The van der Waals surface area contributed by atoms with Crippen LogP contribution in [0.5, 0.6) is 0 Å². The van der Waals surface area contributed by atoms with E-state index in [0.717, 1.165) is 4.90 Å². The Morgan fingerprint density at radius 2 is 1.90 bits per heavy atom. The Morgan fingerprint density at radius 3 is 2.55 bits per heavy atom. The fourth-order valence-electron chi connectivity index (χ4n) is 1.54. The Morgan fingerprint density at radius 1 is 1.20 bits per heavy atom. The first kappa shape index (κ1) is 15.2. The topological polar surface area (TPSA) is 36.2 Å². The van der Waals surface area contributed by atoms with Crippen molar-refractivity contribution < 1.29 is 0 Å². The Bertz CT molecular complexity index is 651. The van der Waals surface area contributed by atoms with Crippen LogP contribution >= 0.6 is 23.4 Å². The van der Waals surface area contributed by atoms with Crippen molar-refractivity contribution in [1.29, 1.82) is 5.41 Å². The van der Waals surface area contributed by atoms with E-state index < -0.39 is 0 Å². The molecule has 0 fully saturated rings. The summed E-state index contributed by atoms with van der Waals surface area (Å²) in [5.74, 6) is 0.178. The summed E-state index contributed by atoms with van der Waals surface area (Å²) in [5, 5.41) is 8.57. The van der Waals surface area contributed by atoms with E-state index in [-0.39, 0.29) is 5.84 Å². The van der Waals surface area contributed by atoms with Crippen LogP contribution in [0.25, 0.3) is 0 Å². The van der Waals surface area contributed by atoms with Gasteiger partial charge in [-0.1, -0.05) is 41.4 Å². The quantitative estimate of drug-likeness (QED) is 0.384. The van der Waals surface area contributed by atoms with Crippen LogP contribution in [0.4, 0.5) is 0 Å². The Labute approximate surface area is 133 Å². The van der Waals surface area contributed by atoms with Gasteiger partial charge >= 0.3 is 0 Å². The molecular weight excluding hydrogens is 308 g/mol. The standard InChI is InChI=1S/C15H13ClN2S2/c1-10-5-7-13(8-6-10)20-15(19)18-14(17)11-3-2-4-12(16)9-11/h2-9H,1H3,(H2,17,18,19)/p+1. The van der Waals surface area contributed by atoms with Gasteiger partial charge in [0, 0.05) is 28.1 Å². The number of aryl methyl sites for hydroxylation is 1. The summed E-state index contributed by atoms with van der Waals surface area (Å²) >= 11 is 10.8. The summed E-state index contributed by atoms with van der Waals surface area (Å²) in [4.78, 5) is 5.30. The van der Waals surface area contributed by atoms with Gasteiger partial charge in [0.05, 0.1) is 0 Å². The number of thioether (sulfide) groups is 1. The third-order valence-electron chi connectivity index (χ3n) is 2.55. The predicted octanol–water partition coefficient (Wildman–Crippen LogP) is 4.13. The van der Waals surface area contributed by atoms with Crippen LogP contribution in [-0.2, 0) is 12.6 Å². The molecule has 0 atom stereocenters. The molecule has 1 N–H and O–H groups in total. The maximum absolute atomic E-state index is 7.97. The lowest BCUT2D eigenvalue weighted by molar-refractivity contribution is 1.38. The summed E-state index contributed by atoms with van der Waals surface area (Å²) in [5.41, 5.74) is 1.91. The van der Waals surface area contributed by atoms with Crippen molar-refractivity contribution in [3.8, 4) is 0 Å². The minimum Gasteiger partial charge on any atom is -0.282 e. The van der Waals surface area contributed by atoms with E-state index in [1.54, 1.807) is 12.1 Å². The van der Waals surface area contributed by atoms with Crippen LogP contribution in [0, 0.1) is 12.3 Å².